The molecule has 3 rings (SSSR count). The van der Waals surface area contributed by atoms with Gasteiger partial charge in [-0.3, -0.25) is 4.79 Å². The van der Waals surface area contributed by atoms with Gasteiger partial charge in [0.15, 0.2) is 0 Å². The number of benzene rings is 1. The minimum absolute atomic E-state index is 0.00434. The molecule has 0 aliphatic heterocycles. The van der Waals surface area contributed by atoms with Gasteiger partial charge in [-0.05, 0) is 18.1 Å². The normalized spacial score (nSPS) is 10.7. The van der Waals surface area contributed by atoms with Crippen molar-refractivity contribution in [1.29, 1.82) is 0 Å². The summed E-state index contributed by atoms with van der Waals surface area (Å²) in [5, 5.41) is 5.87. The fourth-order valence-corrected chi connectivity index (χ4v) is 2.96. The first-order chi connectivity index (χ1) is 11.2. The molecular weight excluding hydrogens is 308 g/mol. The van der Waals surface area contributed by atoms with Gasteiger partial charge >= 0.3 is 0 Å². The topological polar surface area (TPSA) is 59.8 Å². The van der Waals surface area contributed by atoms with Gasteiger partial charge in [-0.25, -0.2) is 9.97 Å². The highest BCUT2D eigenvalue weighted by atomic mass is 32.1. The Kier molecular flexibility index (Phi) is 4.83. The minimum atomic E-state index is -0.00434. The summed E-state index contributed by atoms with van der Waals surface area (Å²) in [6.07, 6.45) is 5.83. The number of hydrogen-bond donors (Lipinski definition) is 1. The molecule has 1 N–H and O–H groups in total. The van der Waals surface area contributed by atoms with E-state index in [0.717, 1.165) is 22.8 Å². The molecule has 5 nitrogen and oxygen atoms in total. The summed E-state index contributed by atoms with van der Waals surface area (Å²) in [6.45, 7) is 3.25. The second kappa shape index (κ2) is 7.19. The molecule has 0 spiro atoms. The van der Waals surface area contributed by atoms with Crippen LogP contribution in [0.5, 0.6) is 0 Å². The van der Waals surface area contributed by atoms with Crippen LogP contribution < -0.4 is 5.32 Å². The van der Waals surface area contributed by atoms with Gasteiger partial charge in [0.2, 0.25) is 5.91 Å². The number of aryl methyl sites for hydroxylation is 1. The number of amides is 1. The van der Waals surface area contributed by atoms with Gasteiger partial charge in [-0.15, -0.1) is 11.3 Å². The van der Waals surface area contributed by atoms with Crippen molar-refractivity contribution in [3.8, 4) is 0 Å². The smallest absolute Gasteiger partial charge is 0.226 e. The average molecular weight is 326 g/mol. The number of carbonyl (C=O) groups excluding carboxylic acids is 1. The molecule has 0 saturated heterocycles. The predicted molar refractivity (Wildman–Crippen MR) is 90.2 cm³/mol. The van der Waals surface area contributed by atoms with Crippen LogP contribution in [0.4, 0.5) is 0 Å². The molecule has 0 saturated carbocycles. The molecule has 118 valence electrons. The third-order valence-corrected chi connectivity index (χ3v) is 4.24. The third kappa shape index (κ3) is 4.50. The van der Waals surface area contributed by atoms with Crippen LogP contribution in [0.25, 0.3) is 0 Å². The van der Waals surface area contributed by atoms with E-state index in [9.17, 15) is 4.79 Å². The summed E-state index contributed by atoms with van der Waals surface area (Å²) in [5.74, 6) is -0.00434. The Morgan fingerprint density at radius 1 is 1.35 bits per heavy atom. The van der Waals surface area contributed by atoms with Crippen LogP contribution in [0.1, 0.15) is 21.8 Å². The van der Waals surface area contributed by atoms with Crippen molar-refractivity contribution >= 4 is 17.2 Å². The van der Waals surface area contributed by atoms with Crippen LogP contribution in [0, 0.1) is 6.92 Å². The Hall–Kier alpha value is -2.47. The van der Waals surface area contributed by atoms with E-state index in [-0.39, 0.29) is 5.91 Å². The van der Waals surface area contributed by atoms with Crippen LogP contribution in [0.15, 0.2) is 48.4 Å². The molecule has 0 radical (unpaired) electrons. The molecule has 3 aromatic rings. The van der Waals surface area contributed by atoms with Crippen molar-refractivity contribution in [2.75, 3.05) is 0 Å². The van der Waals surface area contributed by atoms with Crippen LogP contribution in [0.3, 0.4) is 0 Å². The lowest BCUT2D eigenvalue weighted by Gasteiger charge is -2.07. The molecule has 2 heterocycles. The maximum atomic E-state index is 12.0. The zero-order chi connectivity index (χ0) is 16.1. The van der Waals surface area contributed by atoms with Crippen molar-refractivity contribution in [3.05, 3.63) is 70.2 Å². The average Bonchev–Trinajstić information content (AvgIpc) is 3.18. The van der Waals surface area contributed by atoms with Gasteiger partial charge in [0.1, 0.15) is 0 Å². The minimum Gasteiger partial charge on any atom is -0.352 e. The first kappa shape index (κ1) is 15.4. The van der Waals surface area contributed by atoms with Crippen LogP contribution in [-0.2, 0) is 24.3 Å². The highest BCUT2D eigenvalue weighted by Crippen LogP contribution is 2.09. The number of hydrogen-bond acceptors (Lipinski definition) is 4. The largest absolute Gasteiger partial charge is 0.352 e. The second-order valence-corrected chi connectivity index (χ2v) is 6.43. The molecule has 1 aromatic carbocycles. The molecule has 0 fully saturated rings. The molecule has 1 amide bonds. The van der Waals surface area contributed by atoms with E-state index in [1.807, 2.05) is 35.2 Å². The van der Waals surface area contributed by atoms with E-state index < -0.39 is 0 Å². The zero-order valence-electron chi connectivity index (χ0n) is 12.9. The quantitative estimate of drug-likeness (QED) is 0.757. The first-order valence-corrected chi connectivity index (χ1v) is 8.28. The van der Waals surface area contributed by atoms with Gasteiger partial charge in [0.05, 0.1) is 23.4 Å². The molecule has 2 aromatic heterocycles. The number of rotatable bonds is 6. The fraction of sp³-hybridized carbons (Fsp3) is 0.235. The Bertz CT molecular complexity index is 780. The number of nitrogens with zero attached hydrogens (tertiary/aromatic N) is 3. The van der Waals surface area contributed by atoms with Crippen molar-refractivity contribution in [2.45, 2.75) is 26.4 Å². The number of nitrogens with one attached hydrogen (secondary N) is 1. The van der Waals surface area contributed by atoms with Crippen molar-refractivity contribution in [2.24, 2.45) is 0 Å². The van der Waals surface area contributed by atoms with Gasteiger partial charge in [0.25, 0.3) is 0 Å². The highest BCUT2D eigenvalue weighted by molar-refractivity contribution is 7.09. The summed E-state index contributed by atoms with van der Waals surface area (Å²) >= 11 is 1.57. The number of thiazole rings is 1. The Balaban J connectivity index is 1.54. The lowest BCUT2D eigenvalue weighted by Crippen LogP contribution is -2.24. The van der Waals surface area contributed by atoms with Gasteiger partial charge < -0.3 is 9.88 Å². The Morgan fingerprint density at radius 3 is 2.96 bits per heavy atom. The molecular formula is C17H18N4OS. The molecule has 0 bridgehead atoms. The molecule has 0 atom stereocenters. The number of carbonyl (C=O) groups is 1. The zero-order valence-corrected chi connectivity index (χ0v) is 13.7. The van der Waals surface area contributed by atoms with E-state index >= 15 is 0 Å². The Morgan fingerprint density at radius 2 is 2.22 bits per heavy atom. The molecule has 0 aliphatic carbocycles. The SMILES string of the molecule is Cc1nc(CC(=O)NCc2cccc(Cn3ccnc3)c2)cs1. The van der Waals surface area contributed by atoms with E-state index in [4.69, 9.17) is 0 Å². The second-order valence-electron chi connectivity index (χ2n) is 5.37. The molecule has 23 heavy (non-hydrogen) atoms. The number of imidazole rings is 1. The summed E-state index contributed by atoms with van der Waals surface area (Å²) < 4.78 is 2.02. The summed E-state index contributed by atoms with van der Waals surface area (Å²) in [4.78, 5) is 20.3. The van der Waals surface area contributed by atoms with E-state index in [1.54, 1.807) is 23.9 Å². The maximum absolute atomic E-state index is 12.0. The van der Waals surface area contributed by atoms with Crippen molar-refractivity contribution < 1.29 is 4.79 Å². The van der Waals surface area contributed by atoms with Gasteiger partial charge in [-0.2, -0.15) is 0 Å². The fourth-order valence-electron chi connectivity index (χ4n) is 2.35. The van der Waals surface area contributed by atoms with Crippen LogP contribution in [0.2, 0.25) is 0 Å². The predicted octanol–water partition coefficient (Wildman–Crippen LogP) is 2.56. The highest BCUT2D eigenvalue weighted by Gasteiger charge is 2.06. The van der Waals surface area contributed by atoms with Crippen molar-refractivity contribution in [1.82, 2.24) is 19.9 Å². The van der Waals surface area contributed by atoms with E-state index in [1.165, 1.54) is 5.56 Å². The van der Waals surface area contributed by atoms with Gasteiger partial charge in [-0.1, -0.05) is 24.3 Å². The monoisotopic (exact) mass is 326 g/mol. The third-order valence-electron chi connectivity index (χ3n) is 3.41. The lowest BCUT2D eigenvalue weighted by atomic mass is 10.1. The standard InChI is InChI=1S/C17H18N4OS/c1-13-20-16(11-23-13)8-17(22)19-9-14-3-2-4-15(7-14)10-21-6-5-18-12-21/h2-7,11-12H,8-10H2,1H3,(H,19,22). The summed E-state index contributed by atoms with van der Waals surface area (Å²) in [6, 6.07) is 8.21. The van der Waals surface area contributed by atoms with E-state index in [2.05, 4.69) is 27.4 Å². The van der Waals surface area contributed by atoms with Gasteiger partial charge in [0, 0.05) is 30.9 Å². The van der Waals surface area contributed by atoms with Crippen LogP contribution >= 0.6 is 11.3 Å². The summed E-state index contributed by atoms with van der Waals surface area (Å²) in [5.41, 5.74) is 3.11. The first-order valence-electron chi connectivity index (χ1n) is 7.40. The van der Waals surface area contributed by atoms with Crippen LogP contribution in [-0.4, -0.2) is 20.4 Å². The number of aromatic nitrogens is 3. The Labute approximate surface area is 139 Å². The van der Waals surface area contributed by atoms with E-state index in [0.29, 0.717) is 13.0 Å². The lowest BCUT2D eigenvalue weighted by molar-refractivity contribution is -0.120. The molecule has 6 heteroatoms. The maximum Gasteiger partial charge on any atom is 0.226 e. The summed E-state index contributed by atoms with van der Waals surface area (Å²) in [7, 11) is 0. The molecule has 0 unspecified atom stereocenters. The molecule has 0 aliphatic rings. The van der Waals surface area contributed by atoms with Crippen molar-refractivity contribution in [3.63, 3.8) is 0 Å².